The molecular weight excluding hydrogens is 282 g/mol. The Balaban J connectivity index is 1.95. The number of ether oxygens (including phenoxy) is 1. The van der Waals surface area contributed by atoms with Crippen molar-refractivity contribution in [2.75, 3.05) is 6.61 Å². The smallest absolute Gasteiger partial charge is 0.137 e. The number of nitrogens with one attached hydrogen (secondary N) is 1. The maximum absolute atomic E-state index is 7.43. The molecule has 1 aromatic carbocycles. The second-order valence-electron chi connectivity index (χ2n) is 3.96. The molecule has 0 bridgehead atoms. The molecule has 4 nitrogen and oxygen atoms in total. The molecule has 2 rings (SSSR count). The van der Waals surface area contributed by atoms with Crippen LogP contribution in [0.2, 0.25) is 5.02 Å². The molecule has 0 aliphatic carbocycles. The molecule has 0 aliphatic heterocycles. The first kappa shape index (κ1) is 13.8. The number of halogens is 1. The van der Waals surface area contributed by atoms with Gasteiger partial charge in [0.05, 0.1) is 27.2 Å². The summed E-state index contributed by atoms with van der Waals surface area (Å²) in [5, 5.41) is 8.94. The fraction of sp³-hybridized carbons (Fsp3) is 0.231. The van der Waals surface area contributed by atoms with E-state index in [-0.39, 0.29) is 5.84 Å². The number of thiazole rings is 1. The summed E-state index contributed by atoms with van der Waals surface area (Å²) in [6.45, 7) is 2.35. The minimum absolute atomic E-state index is 0.0632. The van der Waals surface area contributed by atoms with Crippen molar-refractivity contribution in [3.05, 3.63) is 44.9 Å². The van der Waals surface area contributed by atoms with Crippen LogP contribution in [0.5, 0.6) is 5.75 Å². The molecule has 0 atom stereocenters. The van der Waals surface area contributed by atoms with Crippen molar-refractivity contribution in [1.82, 2.24) is 4.98 Å². The topological polar surface area (TPSA) is 72.0 Å². The van der Waals surface area contributed by atoms with E-state index >= 15 is 0 Å². The highest BCUT2D eigenvalue weighted by molar-refractivity contribution is 7.13. The summed E-state index contributed by atoms with van der Waals surface area (Å²) in [5.41, 5.74) is 6.27. The van der Waals surface area contributed by atoms with E-state index in [4.69, 9.17) is 27.5 Å². The van der Waals surface area contributed by atoms with Crippen LogP contribution in [-0.4, -0.2) is 17.4 Å². The summed E-state index contributed by atoms with van der Waals surface area (Å²) >= 11 is 7.43. The predicted octanol–water partition coefficient (Wildman–Crippen LogP) is 3.01. The fourth-order valence-electron chi connectivity index (χ4n) is 1.62. The van der Waals surface area contributed by atoms with Crippen molar-refractivity contribution in [3.8, 4) is 5.75 Å². The fourth-order valence-corrected chi connectivity index (χ4v) is 2.72. The first-order valence-electron chi connectivity index (χ1n) is 5.76. The van der Waals surface area contributed by atoms with Crippen LogP contribution in [0, 0.1) is 12.3 Å². The lowest BCUT2D eigenvalue weighted by Crippen LogP contribution is -2.10. The van der Waals surface area contributed by atoms with Gasteiger partial charge in [0, 0.05) is 6.42 Å². The Morgan fingerprint density at radius 2 is 2.21 bits per heavy atom. The standard InChI is InChI=1S/C13H14ClN3OS/c1-8-12(13(15)16)19-11(17-8)6-7-18-10-5-3-2-4-9(10)14/h2-5H,6-7H2,1H3,(H3,15,16). The number of hydrogen-bond donors (Lipinski definition) is 2. The number of nitrogen functional groups attached to an aromatic ring is 1. The van der Waals surface area contributed by atoms with Gasteiger partial charge in [-0.3, -0.25) is 5.41 Å². The van der Waals surface area contributed by atoms with Gasteiger partial charge in [-0.15, -0.1) is 11.3 Å². The van der Waals surface area contributed by atoms with E-state index in [1.54, 1.807) is 6.07 Å². The van der Waals surface area contributed by atoms with Gasteiger partial charge in [-0.05, 0) is 19.1 Å². The highest BCUT2D eigenvalue weighted by atomic mass is 35.5. The molecule has 100 valence electrons. The molecule has 0 spiro atoms. The molecule has 19 heavy (non-hydrogen) atoms. The van der Waals surface area contributed by atoms with E-state index in [1.807, 2.05) is 25.1 Å². The third-order valence-electron chi connectivity index (χ3n) is 2.50. The third-order valence-corrected chi connectivity index (χ3v) is 4.06. The van der Waals surface area contributed by atoms with Crippen LogP contribution >= 0.6 is 22.9 Å². The first-order valence-corrected chi connectivity index (χ1v) is 6.95. The van der Waals surface area contributed by atoms with Gasteiger partial charge in [-0.2, -0.15) is 0 Å². The van der Waals surface area contributed by atoms with Crippen LogP contribution < -0.4 is 10.5 Å². The zero-order valence-electron chi connectivity index (χ0n) is 10.4. The van der Waals surface area contributed by atoms with Crippen LogP contribution in [0.25, 0.3) is 0 Å². The average Bonchev–Trinajstić information content (AvgIpc) is 2.73. The largest absolute Gasteiger partial charge is 0.492 e. The van der Waals surface area contributed by atoms with Crippen molar-refractivity contribution in [2.45, 2.75) is 13.3 Å². The van der Waals surface area contributed by atoms with Crippen molar-refractivity contribution >= 4 is 28.8 Å². The van der Waals surface area contributed by atoms with Gasteiger partial charge in [-0.1, -0.05) is 23.7 Å². The predicted molar refractivity (Wildman–Crippen MR) is 78.5 cm³/mol. The minimum atomic E-state index is 0.0632. The molecule has 2 aromatic rings. The van der Waals surface area contributed by atoms with Gasteiger partial charge in [0.1, 0.15) is 11.6 Å². The number of aromatic nitrogens is 1. The molecule has 0 fully saturated rings. The summed E-state index contributed by atoms with van der Waals surface area (Å²) in [6.07, 6.45) is 0.671. The lowest BCUT2D eigenvalue weighted by molar-refractivity contribution is 0.322. The summed E-state index contributed by atoms with van der Waals surface area (Å²) in [7, 11) is 0. The minimum Gasteiger partial charge on any atom is -0.492 e. The number of hydrogen-bond acceptors (Lipinski definition) is 4. The van der Waals surface area contributed by atoms with Gasteiger partial charge in [0.25, 0.3) is 0 Å². The summed E-state index contributed by atoms with van der Waals surface area (Å²) in [5.74, 6) is 0.734. The third kappa shape index (κ3) is 3.45. The van der Waals surface area contributed by atoms with Crippen molar-refractivity contribution in [1.29, 1.82) is 5.41 Å². The summed E-state index contributed by atoms with van der Waals surface area (Å²) < 4.78 is 5.60. The number of rotatable bonds is 5. The number of benzene rings is 1. The number of nitrogens with zero attached hydrogens (tertiary/aromatic N) is 1. The second kappa shape index (κ2) is 6.04. The monoisotopic (exact) mass is 295 g/mol. The van der Waals surface area contributed by atoms with Crippen molar-refractivity contribution in [2.24, 2.45) is 5.73 Å². The summed E-state index contributed by atoms with van der Waals surface area (Å²) in [6, 6.07) is 7.36. The molecule has 0 aliphatic rings. The lowest BCUT2D eigenvalue weighted by Gasteiger charge is -2.06. The Hall–Kier alpha value is -1.59. The Morgan fingerprint density at radius 3 is 2.84 bits per heavy atom. The maximum Gasteiger partial charge on any atom is 0.137 e. The van der Waals surface area contributed by atoms with E-state index in [9.17, 15) is 0 Å². The van der Waals surface area contributed by atoms with E-state index in [0.717, 1.165) is 15.6 Å². The van der Waals surface area contributed by atoms with E-state index in [1.165, 1.54) is 11.3 Å². The van der Waals surface area contributed by atoms with Crippen LogP contribution in [0.3, 0.4) is 0 Å². The normalized spacial score (nSPS) is 10.4. The highest BCUT2D eigenvalue weighted by Gasteiger charge is 2.10. The second-order valence-corrected chi connectivity index (χ2v) is 5.46. The van der Waals surface area contributed by atoms with Gasteiger partial charge in [0.15, 0.2) is 0 Å². The Labute approximate surface area is 120 Å². The molecule has 0 saturated carbocycles. The number of para-hydroxylation sites is 1. The molecule has 1 heterocycles. The van der Waals surface area contributed by atoms with Gasteiger partial charge < -0.3 is 10.5 Å². The van der Waals surface area contributed by atoms with Crippen molar-refractivity contribution in [3.63, 3.8) is 0 Å². The van der Waals surface area contributed by atoms with Crippen molar-refractivity contribution < 1.29 is 4.74 Å². The quantitative estimate of drug-likeness (QED) is 0.658. The van der Waals surface area contributed by atoms with Crippen LogP contribution in [0.15, 0.2) is 24.3 Å². The highest BCUT2D eigenvalue weighted by Crippen LogP contribution is 2.24. The Morgan fingerprint density at radius 1 is 1.47 bits per heavy atom. The SMILES string of the molecule is Cc1nc(CCOc2ccccc2Cl)sc1C(=N)N. The number of amidine groups is 1. The molecule has 0 unspecified atom stereocenters. The molecule has 6 heteroatoms. The molecule has 0 radical (unpaired) electrons. The van der Waals surface area contributed by atoms with E-state index < -0.39 is 0 Å². The first-order chi connectivity index (χ1) is 9.08. The molecular formula is C13H14ClN3OS. The zero-order chi connectivity index (χ0) is 13.8. The van der Waals surface area contributed by atoms with E-state index in [0.29, 0.717) is 23.8 Å². The molecule has 0 saturated heterocycles. The van der Waals surface area contributed by atoms with E-state index in [2.05, 4.69) is 4.98 Å². The van der Waals surface area contributed by atoms with Crippen LogP contribution in [-0.2, 0) is 6.42 Å². The number of aryl methyl sites for hydroxylation is 1. The molecule has 3 N–H and O–H groups in total. The Kier molecular flexibility index (Phi) is 4.39. The zero-order valence-corrected chi connectivity index (χ0v) is 12.0. The van der Waals surface area contributed by atoms with Crippen LogP contribution in [0.4, 0.5) is 0 Å². The lowest BCUT2D eigenvalue weighted by atomic mass is 10.3. The van der Waals surface area contributed by atoms with Gasteiger partial charge >= 0.3 is 0 Å². The summed E-state index contributed by atoms with van der Waals surface area (Å²) in [4.78, 5) is 5.10. The molecule has 0 amide bonds. The average molecular weight is 296 g/mol. The maximum atomic E-state index is 7.43. The molecule has 1 aromatic heterocycles. The van der Waals surface area contributed by atoms with Gasteiger partial charge in [0.2, 0.25) is 0 Å². The number of nitrogens with two attached hydrogens (primary N) is 1. The van der Waals surface area contributed by atoms with Gasteiger partial charge in [-0.25, -0.2) is 4.98 Å². The van der Waals surface area contributed by atoms with Crippen LogP contribution in [0.1, 0.15) is 15.6 Å². The Bertz CT molecular complexity index is 597.